The van der Waals surface area contributed by atoms with E-state index < -0.39 is 0 Å². The second-order valence-corrected chi connectivity index (χ2v) is 4.91. The number of likely N-dealkylation sites (tertiary alicyclic amines) is 1. The first-order chi connectivity index (χ1) is 8.34. The number of hydrogen-bond acceptors (Lipinski definition) is 5. The number of ether oxygens (including phenoxy) is 1. The third-order valence-electron chi connectivity index (χ3n) is 3.80. The van der Waals surface area contributed by atoms with Crippen molar-refractivity contribution in [3.8, 4) is 0 Å². The molecule has 1 unspecified atom stereocenters. The third kappa shape index (κ3) is 2.21. The number of rotatable bonds is 2. The van der Waals surface area contributed by atoms with Crippen LogP contribution in [-0.2, 0) is 4.74 Å². The van der Waals surface area contributed by atoms with Crippen molar-refractivity contribution < 1.29 is 9.26 Å². The summed E-state index contributed by atoms with van der Waals surface area (Å²) in [5, 5.41) is 4.08. The zero-order chi connectivity index (χ0) is 11.7. The van der Waals surface area contributed by atoms with Gasteiger partial charge < -0.3 is 9.26 Å². The Labute approximate surface area is 101 Å². The highest BCUT2D eigenvalue weighted by Crippen LogP contribution is 2.34. The van der Waals surface area contributed by atoms with Gasteiger partial charge in [0, 0.05) is 26.2 Å². The van der Waals surface area contributed by atoms with E-state index in [0.29, 0.717) is 18.0 Å². The largest absolute Gasteiger partial charge is 0.381 e. The average molecular weight is 237 g/mol. The lowest BCUT2D eigenvalue weighted by molar-refractivity contribution is 0.0276. The molecule has 3 heterocycles. The third-order valence-corrected chi connectivity index (χ3v) is 3.80. The fraction of sp³-hybridized carbons (Fsp3) is 0.833. The van der Waals surface area contributed by atoms with Gasteiger partial charge in [-0.15, -0.1) is 0 Å². The lowest BCUT2D eigenvalue weighted by atomic mass is 10.1. The van der Waals surface area contributed by atoms with E-state index >= 15 is 0 Å². The highest BCUT2D eigenvalue weighted by molar-refractivity contribution is 4.99. The van der Waals surface area contributed by atoms with Crippen LogP contribution in [0.5, 0.6) is 0 Å². The van der Waals surface area contributed by atoms with Crippen molar-refractivity contribution in [2.24, 2.45) is 0 Å². The predicted octanol–water partition coefficient (Wildman–Crippen LogP) is 1.69. The van der Waals surface area contributed by atoms with Gasteiger partial charge in [0.25, 0.3) is 0 Å². The summed E-state index contributed by atoms with van der Waals surface area (Å²) in [7, 11) is 0. The Morgan fingerprint density at radius 2 is 2.06 bits per heavy atom. The van der Waals surface area contributed by atoms with Crippen LogP contribution in [0, 0.1) is 6.92 Å². The summed E-state index contributed by atoms with van der Waals surface area (Å²) in [6, 6.07) is 0.991. The molecule has 2 aliphatic heterocycles. The molecule has 0 bridgehead atoms. The topological polar surface area (TPSA) is 51.4 Å². The Morgan fingerprint density at radius 3 is 2.76 bits per heavy atom. The fourth-order valence-electron chi connectivity index (χ4n) is 2.97. The van der Waals surface area contributed by atoms with Gasteiger partial charge in [-0.1, -0.05) is 5.16 Å². The molecule has 0 aromatic carbocycles. The molecule has 5 heteroatoms. The van der Waals surface area contributed by atoms with Gasteiger partial charge in [0.05, 0.1) is 6.04 Å². The minimum absolute atomic E-state index is 0.357. The molecule has 0 N–H and O–H groups in total. The van der Waals surface area contributed by atoms with Crippen molar-refractivity contribution in [3.63, 3.8) is 0 Å². The van der Waals surface area contributed by atoms with E-state index in [4.69, 9.17) is 9.26 Å². The maximum atomic E-state index is 5.43. The smallest absolute Gasteiger partial charge is 0.223 e. The molecule has 2 saturated heterocycles. The van der Waals surface area contributed by atoms with Crippen LogP contribution in [-0.4, -0.2) is 40.8 Å². The molecule has 0 amide bonds. The molecule has 5 nitrogen and oxygen atoms in total. The normalized spacial score (nSPS) is 27.7. The molecule has 0 saturated carbocycles. The summed E-state index contributed by atoms with van der Waals surface area (Å²) in [6.07, 6.45) is 4.65. The van der Waals surface area contributed by atoms with Crippen molar-refractivity contribution in [2.75, 3.05) is 19.8 Å². The molecule has 3 rings (SSSR count). The van der Waals surface area contributed by atoms with Gasteiger partial charge >= 0.3 is 0 Å². The number of nitrogens with zero attached hydrogens (tertiary/aromatic N) is 3. The zero-order valence-corrected chi connectivity index (χ0v) is 10.3. The number of aryl methyl sites for hydroxylation is 1. The van der Waals surface area contributed by atoms with Gasteiger partial charge in [0.15, 0.2) is 5.82 Å². The van der Waals surface area contributed by atoms with Crippen LogP contribution in [0.25, 0.3) is 0 Å². The van der Waals surface area contributed by atoms with Crippen LogP contribution < -0.4 is 0 Å². The van der Waals surface area contributed by atoms with Gasteiger partial charge in [-0.05, 0) is 32.2 Å². The molecular formula is C12H19N3O2. The van der Waals surface area contributed by atoms with Gasteiger partial charge in [-0.2, -0.15) is 4.98 Å². The van der Waals surface area contributed by atoms with Gasteiger partial charge in [0.1, 0.15) is 0 Å². The molecule has 0 aliphatic carbocycles. The zero-order valence-electron chi connectivity index (χ0n) is 10.3. The monoisotopic (exact) mass is 237 g/mol. The first-order valence-corrected chi connectivity index (χ1v) is 6.48. The van der Waals surface area contributed by atoms with E-state index in [1.54, 1.807) is 0 Å². The van der Waals surface area contributed by atoms with Gasteiger partial charge in [-0.3, -0.25) is 4.90 Å². The van der Waals surface area contributed by atoms with E-state index in [2.05, 4.69) is 15.0 Å². The summed E-state index contributed by atoms with van der Waals surface area (Å²) < 4.78 is 10.5. The maximum Gasteiger partial charge on any atom is 0.223 e. The standard InChI is InChI=1S/C12H19N3O2/c1-9-13-12(14-17-9)11-3-2-6-15(11)10-4-7-16-8-5-10/h10-11H,2-8H2,1H3. The van der Waals surface area contributed by atoms with Crippen LogP contribution in [0.15, 0.2) is 4.52 Å². The fourth-order valence-corrected chi connectivity index (χ4v) is 2.97. The molecule has 1 atom stereocenters. The summed E-state index contributed by atoms with van der Waals surface area (Å²) >= 11 is 0. The van der Waals surface area contributed by atoms with Crippen LogP contribution >= 0.6 is 0 Å². The molecule has 0 spiro atoms. The number of aromatic nitrogens is 2. The Kier molecular flexibility index (Phi) is 3.11. The summed E-state index contributed by atoms with van der Waals surface area (Å²) in [4.78, 5) is 6.94. The minimum atomic E-state index is 0.357. The summed E-state index contributed by atoms with van der Waals surface area (Å²) in [5.41, 5.74) is 0. The highest BCUT2D eigenvalue weighted by atomic mass is 16.5. The lowest BCUT2D eigenvalue weighted by Crippen LogP contribution is -2.39. The molecule has 1 aromatic rings. The first-order valence-electron chi connectivity index (χ1n) is 6.48. The van der Waals surface area contributed by atoms with Crippen LogP contribution in [0.2, 0.25) is 0 Å². The Bertz CT molecular complexity index is 374. The van der Waals surface area contributed by atoms with E-state index in [0.717, 1.165) is 44.8 Å². The van der Waals surface area contributed by atoms with Crippen molar-refractivity contribution >= 4 is 0 Å². The van der Waals surface area contributed by atoms with Crippen LogP contribution in [0.3, 0.4) is 0 Å². The Balaban J connectivity index is 1.74. The minimum Gasteiger partial charge on any atom is -0.381 e. The number of hydrogen-bond donors (Lipinski definition) is 0. The van der Waals surface area contributed by atoms with E-state index in [9.17, 15) is 0 Å². The van der Waals surface area contributed by atoms with Crippen molar-refractivity contribution in [1.82, 2.24) is 15.0 Å². The maximum absolute atomic E-state index is 5.43. The van der Waals surface area contributed by atoms with Crippen molar-refractivity contribution in [3.05, 3.63) is 11.7 Å². The van der Waals surface area contributed by atoms with Crippen LogP contribution in [0.1, 0.15) is 43.4 Å². The van der Waals surface area contributed by atoms with Crippen LogP contribution in [0.4, 0.5) is 0 Å². The summed E-state index contributed by atoms with van der Waals surface area (Å²) in [6.45, 7) is 4.78. The Morgan fingerprint density at radius 1 is 1.24 bits per heavy atom. The highest BCUT2D eigenvalue weighted by Gasteiger charge is 2.35. The molecule has 17 heavy (non-hydrogen) atoms. The van der Waals surface area contributed by atoms with Gasteiger partial charge in [0.2, 0.25) is 5.89 Å². The molecule has 1 aromatic heterocycles. The van der Waals surface area contributed by atoms with E-state index in [-0.39, 0.29) is 0 Å². The van der Waals surface area contributed by atoms with E-state index in [1.165, 1.54) is 6.42 Å². The van der Waals surface area contributed by atoms with Gasteiger partial charge in [-0.25, -0.2) is 0 Å². The Hall–Kier alpha value is -0.940. The molecular weight excluding hydrogens is 218 g/mol. The molecule has 2 fully saturated rings. The predicted molar refractivity (Wildman–Crippen MR) is 61.6 cm³/mol. The molecule has 2 aliphatic rings. The van der Waals surface area contributed by atoms with Crippen molar-refractivity contribution in [1.29, 1.82) is 0 Å². The second kappa shape index (κ2) is 4.74. The lowest BCUT2D eigenvalue weighted by Gasteiger charge is -2.34. The molecule has 94 valence electrons. The second-order valence-electron chi connectivity index (χ2n) is 4.91. The van der Waals surface area contributed by atoms with E-state index in [1.807, 2.05) is 6.92 Å². The summed E-state index contributed by atoms with van der Waals surface area (Å²) in [5.74, 6) is 1.53. The molecule has 0 radical (unpaired) electrons. The SMILES string of the molecule is Cc1nc(C2CCCN2C2CCOCC2)no1. The quantitative estimate of drug-likeness (QED) is 0.783. The first kappa shape index (κ1) is 11.2. The van der Waals surface area contributed by atoms with Crippen molar-refractivity contribution in [2.45, 2.75) is 44.7 Å². The average Bonchev–Trinajstić information content (AvgIpc) is 2.98.